The number of piperidine rings is 1. The van der Waals surface area contributed by atoms with Gasteiger partial charge in [-0.2, -0.15) is 5.10 Å². The van der Waals surface area contributed by atoms with Gasteiger partial charge in [-0.25, -0.2) is 9.50 Å². The van der Waals surface area contributed by atoms with Crippen molar-refractivity contribution in [2.75, 3.05) is 18.6 Å². The van der Waals surface area contributed by atoms with Crippen LogP contribution < -0.4 is 4.90 Å². The van der Waals surface area contributed by atoms with Crippen LogP contribution in [0.25, 0.3) is 5.52 Å². The molecule has 0 bridgehead atoms. The Hall–Kier alpha value is -1.63. The number of methoxy groups -OCH3 is 1. The van der Waals surface area contributed by atoms with Gasteiger partial charge in [0.05, 0.1) is 12.5 Å². The lowest BCUT2D eigenvalue weighted by atomic mass is 9.77. The first-order valence-corrected chi connectivity index (χ1v) is 9.61. The Morgan fingerprint density at radius 3 is 2.84 bits per heavy atom. The summed E-state index contributed by atoms with van der Waals surface area (Å²) in [6.07, 6.45) is 5.61. The first-order valence-electron chi connectivity index (χ1n) is 8.82. The summed E-state index contributed by atoms with van der Waals surface area (Å²) in [7, 11) is 1.47. The van der Waals surface area contributed by atoms with Crippen LogP contribution in [0.5, 0.6) is 0 Å². The molecular weight excluding hydrogens is 384 g/mol. The van der Waals surface area contributed by atoms with Gasteiger partial charge in [-0.3, -0.25) is 4.79 Å². The first kappa shape index (κ1) is 16.8. The Morgan fingerprint density at radius 1 is 1.44 bits per heavy atom. The lowest BCUT2D eigenvalue weighted by Crippen LogP contribution is -2.48. The minimum absolute atomic E-state index is 0.115. The Morgan fingerprint density at radius 2 is 2.20 bits per heavy atom. The molecule has 0 radical (unpaired) electrons. The quantitative estimate of drug-likeness (QED) is 0.729. The van der Waals surface area contributed by atoms with E-state index in [-0.39, 0.29) is 12.0 Å². The monoisotopic (exact) mass is 406 g/mol. The van der Waals surface area contributed by atoms with Crippen molar-refractivity contribution in [2.24, 2.45) is 5.41 Å². The van der Waals surface area contributed by atoms with E-state index in [1.54, 1.807) is 6.33 Å². The molecule has 0 spiro atoms. The second kappa shape index (κ2) is 5.97. The fraction of sp³-hybridized carbons (Fsp3) is 0.611. The van der Waals surface area contributed by atoms with E-state index < -0.39 is 5.41 Å². The molecule has 25 heavy (non-hydrogen) atoms. The Balaban J connectivity index is 1.72. The average Bonchev–Trinajstić information content (AvgIpc) is 3.38. The summed E-state index contributed by atoms with van der Waals surface area (Å²) >= 11 is 3.63. The maximum absolute atomic E-state index is 12.2. The molecule has 2 fully saturated rings. The van der Waals surface area contributed by atoms with Crippen molar-refractivity contribution < 1.29 is 9.53 Å². The normalized spacial score (nSPS) is 26.9. The van der Waals surface area contributed by atoms with Crippen LogP contribution in [0.3, 0.4) is 0 Å². The third-order valence-corrected chi connectivity index (χ3v) is 6.24. The minimum Gasteiger partial charge on any atom is -0.469 e. The van der Waals surface area contributed by atoms with Gasteiger partial charge in [0.2, 0.25) is 0 Å². The van der Waals surface area contributed by atoms with Crippen molar-refractivity contribution in [2.45, 2.75) is 51.5 Å². The summed E-state index contributed by atoms with van der Waals surface area (Å²) in [4.78, 5) is 19.1. The van der Waals surface area contributed by atoms with E-state index in [0.29, 0.717) is 5.92 Å². The summed E-state index contributed by atoms with van der Waals surface area (Å²) in [5.74, 6) is 1.48. The molecule has 4 rings (SSSR count). The van der Waals surface area contributed by atoms with Crippen LogP contribution in [0.4, 0.5) is 5.82 Å². The van der Waals surface area contributed by atoms with Gasteiger partial charge in [0.25, 0.3) is 0 Å². The molecule has 0 unspecified atom stereocenters. The lowest BCUT2D eigenvalue weighted by molar-refractivity contribution is -0.153. The summed E-state index contributed by atoms with van der Waals surface area (Å²) in [6, 6.07) is 2.38. The Kier molecular flexibility index (Phi) is 4.02. The molecule has 2 aromatic rings. The number of carbonyl (C=O) groups excluding carboxylic acids is 1. The number of carbonyl (C=O) groups is 1. The topological polar surface area (TPSA) is 59.7 Å². The van der Waals surface area contributed by atoms with Crippen LogP contribution in [0, 0.1) is 5.41 Å². The van der Waals surface area contributed by atoms with Crippen LogP contribution in [-0.2, 0) is 9.53 Å². The number of ether oxygens (including phenoxy) is 1. The standard InChI is InChI=1S/C18H23BrN4O2/c1-11-9-18(2,17(24)25-3)6-7-22(11)16-15-13(12-4-5-12)8-14(19)23(15)21-10-20-16/h8,10-12H,4-7,9H2,1-3H3/t11-,18-/m0/s1. The predicted octanol–water partition coefficient (Wildman–Crippen LogP) is 3.54. The van der Waals surface area contributed by atoms with E-state index in [1.807, 2.05) is 11.4 Å². The van der Waals surface area contributed by atoms with Crippen LogP contribution in [0.2, 0.25) is 0 Å². The molecule has 1 aliphatic heterocycles. The van der Waals surface area contributed by atoms with Gasteiger partial charge in [-0.15, -0.1) is 0 Å². The maximum Gasteiger partial charge on any atom is 0.311 e. The van der Waals surface area contributed by atoms with Crippen molar-refractivity contribution in [3.63, 3.8) is 0 Å². The van der Waals surface area contributed by atoms with Crippen LogP contribution in [0.15, 0.2) is 17.0 Å². The van der Waals surface area contributed by atoms with Gasteiger partial charge in [0.15, 0.2) is 5.82 Å². The largest absolute Gasteiger partial charge is 0.469 e. The van der Waals surface area contributed by atoms with Gasteiger partial charge < -0.3 is 9.64 Å². The van der Waals surface area contributed by atoms with Gasteiger partial charge in [-0.1, -0.05) is 0 Å². The first-order chi connectivity index (χ1) is 11.9. The molecular formula is C18H23BrN4O2. The number of anilines is 1. The summed E-state index contributed by atoms with van der Waals surface area (Å²) in [6.45, 7) is 4.95. The Labute approximate surface area is 155 Å². The molecule has 7 heteroatoms. The fourth-order valence-corrected chi connectivity index (χ4v) is 4.65. The predicted molar refractivity (Wildman–Crippen MR) is 98.8 cm³/mol. The van der Waals surface area contributed by atoms with E-state index in [4.69, 9.17) is 4.74 Å². The highest BCUT2D eigenvalue weighted by atomic mass is 79.9. The number of nitrogens with zero attached hydrogens (tertiary/aromatic N) is 4. The van der Waals surface area contributed by atoms with E-state index in [2.05, 4.69) is 43.9 Å². The molecule has 0 aromatic carbocycles. The van der Waals surface area contributed by atoms with E-state index in [9.17, 15) is 4.79 Å². The van der Waals surface area contributed by atoms with E-state index >= 15 is 0 Å². The van der Waals surface area contributed by atoms with Crippen LogP contribution >= 0.6 is 15.9 Å². The number of halogens is 1. The zero-order chi connectivity index (χ0) is 17.8. The zero-order valence-corrected chi connectivity index (χ0v) is 16.4. The number of hydrogen-bond acceptors (Lipinski definition) is 5. The molecule has 134 valence electrons. The molecule has 0 amide bonds. The number of rotatable bonds is 3. The van der Waals surface area contributed by atoms with Gasteiger partial charge in [0.1, 0.15) is 16.4 Å². The molecule has 1 saturated carbocycles. The lowest BCUT2D eigenvalue weighted by Gasteiger charge is -2.42. The summed E-state index contributed by atoms with van der Waals surface area (Å²) < 4.78 is 7.93. The van der Waals surface area contributed by atoms with Crippen molar-refractivity contribution in [1.82, 2.24) is 14.6 Å². The Bertz CT molecular complexity index is 832. The van der Waals surface area contributed by atoms with Crippen molar-refractivity contribution >= 4 is 33.2 Å². The highest BCUT2D eigenvalue weighted by Crippen LogP contribution is 2.46. The minimum atomic E-state index is -0.421. The average molecular weight is 407 g/mol. The third-order valence-electron chi connectivity index (χ3n) is 5.67. The van der Waals surface area contributed by atoms with Gasteiger partial charge >= 0.3 is 5.97 Å². The maximum atomic E-state index is 12.2. The van der Waals surface area contributed by atoms with Crippen LogP contribution in [0.1, 0.15) is 51.0 Å². The van der Waals surface area contributed by atoms with Gasteiger partial charge in [0, 0.05) is 12.6 Å². The summed E-state index contributed by atoms with van der Waals surface area (Å²) in [5, 5.41) is 4.42. The highest BCUT2D eigenvalue weighted by molar-refractivity contribution is 9.10. The number of fused-ring (bicyclic) bond motifs is 1. The second-order valence-electron chi connectivity index (χ2n) is 7.59. The van der Waals surface area contributed by atoms with E-state index in [1.165, 1.54) is 25.5 Å². The molecule has 2 atom stereocenters. The smallest absolute Gasteiger partial charge is 0.311 e. The molecule has 6 nitrogen and oxygen atoms in total. The molecule has 1 saturated heterocycles. The van der Waals surface area contributed by atoms with Gasteiger partial charge in [-0.05, 0) is 73.0 Å². The molecule has 2 aliphatic rings. The van der Waals surface area contributed by atoms with Crippen molar-refractivity contribution in [1.29, 1.82) is 0 Å². The fourth-order valence-electron chi connectivity index (χ4n) is 4.13. The molecule has 2 aromatic heterocycles. The molecule has 1 aliphatic carbocycles. The number of esters is 1. The SMILES string of the molecule is COC(=O)[C@@]1(C)CCN(c2ncnn3c(Br)cc(C4CC4)c23)[C@@H](C)C1. The van der Waals surface area contributed by atoms with Crippen molar-refractivity contribution in [3.05, 3.63) is 22.6 Å². The molecule has 0 N–H and O–H groups in total. The van der Waals surface area contributed by atoms with Crippen LogP contribution in [-0.4, -0.2) is 40.3 Å². The number of aromatic nitrogens is 3. The summed E-state index contributed by atoms with van der Waals surface area (Å²) in [5.41, 5.74) is 2.01. The zero-order valence-electron chi connectivity index (χ0n) is 14.8. The second-order valence-corrected chi connectivity index (χ2v) is 8.40. The van der Waals surface area contributed by atoms with E-state index in [0.717, 1.165) is 35.3 Å². The third kappa shape index (κ3) is 2.72. The molecule has 3 heterocycles. The van der Waals surface area contributed by atoms with Crippen molar-refractivity contribution in [3.8, 4) is 0 Å². The highest BCUT2D eigenvalue weighted by Gasteiger charge is 2.42. The number of hydrogen-bond donors (Lipinski definition) is 0.